The number of fused-ring (bicyclic) bond motifs is 24. The lowest BCUT2D eigenvalue weighted by Crippen LogP contribution is -1.81. The van der Waals surface area contributed by atoms with E-state index < -0.39 is 0 Å². The minimum absolute atomic E-state index is 0.235. The topological polar surface area (TPSA) is 0 Å². The molecule has 8 heterocycles. The first-order valence-corrected chi connectivity index (χ1v) is 49.4. The molecular formula is C112H80F16S8. The molecule has 0 bridgehead atoms. The predicted molar refractivity (Wildman–Crippen MR) is 550 cm³/mol. The molecule has 24 aromatic rings. The highest BCUT2D eigenvalue weighted by atomic mass is 32.1. The molecule has 0 aliphatic heterocycles. The quantitative estimate of drug-likeness (QED) is 0.133. The summed E-state index contributed by atoms with van der Waals surface area (Å²) in [5.74, 6) is -3.77. The molecule has 136 heavy (non-hydrogen) atoms. The summed E-state index contributed by atoms with van der Waals surface area (Å²) in [6.45, 7) is 27.6. The zero-order chi connectivity index (χ0) is 97.2. The Hall–Kier alpha value is -11.8. The minimum Gasteiger partial charge on any atom is -0.205 e. The Morgan fingerprint density at radius 2 is 0.147 bits per heavy atom. The van der Waals surface area contributed by atoms with Crippen LogP contribution in [0.15, 0.2) is 194 Å². The zero-order valence-corrected chi connectivity index (χ0v) is 82.3. The summed E-state index contributed by atoms with van der Waals surface area (Å²) in [4.78, 5) is 0. The van der Waals surface area contributed by atoms with Gasteiger partial charge in [0.1, 0.15) is 93.1 Å². The molecule has 0 amide bonds. The highest BCUT2D eigenvalue weighted by Gasteiger charge is 2.24. The number of hydrogen-bond donors (Lipinski definition) is 0. The summed E-state index contributed by atoms with van der Waals surface area (Å²) in [5, 5.41) is 12.8. The highest BCUT2D eigenvalue weighted by molar-refractivity contribution is 7.28. The van der Waals surface area contributed by atoms with Gasteiger partial charge in [-0.3, -0.25) is 0 Å². The van der Waals surface area contributed by atoms with Gasteiger partial charge in [-0.15, -0.1) is 90.7 Å². The Morgan fingerprint density at radius 3 is 0.199 bits per heavy atom. The van der Waals surface area contributed by atoms with Crippen LogP contribution in [0.5, 0.6) is 0 Å². The third kappa shape index (κ3) is 17.1. The Labute approximate surface area is 802 Å². The fourth-order valence-corrected chi connectivity index (χ4v) is 26.5. The van der Waals surface area contributed by atoms with Gasteiger partial charge in [0.15, 0.2) is 0 Å². The maximum Gasteiger partial charge on any atom is 0.143 e. The first kappa shape index (κ1) is 95.9. The molecule has 16 aromatic carbocycles. The van der Waals surface area contributed by atoms with Crippen LogP contribution >= 0.6 is 90.7 Å². The average molecular weight is 1990 g/mol. The van der Waals surface area contributed by atoms with Crippen molar-refractivity contribution < 1.29 is 70.2 Å². The van der Waals surface area contributed by atoms with Crippen molar-refractivity contribution in [2.75, 3.05) is 0 Å². The van der Waals surface area contributed by atoms with Gasteiger partial charge in [-0.2, -0.15) is 0 Å². The van der Waals surface area contributed by atoms with E-state index in [1.165, 1.54) is 90.7 Å². The van der Waals surface area contributed by atoms with Crippen LogP contribution < -0.4 is 0 Å². The van der Waals surface area contributed by atoms with E-state index in [1.807, 2.05) is 97.1 Å². The van der Waals surface area contributed by atoms with Crippen LogP contribution in [0.25, 0.3) is 161 Å². The van der Waals surface area contributed by atoms with Gasteiger partial charge < -0.3 is 0 Å². The second kappa shape index (κ2) is 37.9. The normalized spacial score (nSPS) is 11.5. The molecule has 688 valence electrons. The monoisotopic (exact) mass is 1980 g/mol. The summed E-state index contributed by atoms with van der Waals surface area (Å²) in [6.07, 6.45) is 0. The number of thiophene rings is 8. The standard InChI is InChI=1S/8C14H10F2S/c8*1-7-3-5-9-10-6-4-8(2)12(16)14(10)17-13(9)11(7)15/h8*3-6H,1-2H3. The number of hydrogen-bond acceptors (Lipinski definition) is 8. The Bertz CT molecular complexity index is 6990. The summed E-state index contributed by atoms with van der Waals surface area (Å²) < 4.78 is 232. The molecule has 0 spiro atoms. The van der Waals surface area contributed by atoms with Gasteiger partial charge >= 0.3 is 0 Å². The van der Waals surface area contributed by atoms with Crippen molar-refractivity contribution in [2.24, 2.45) is 0 Å². The lowest BCUT2D eigenvalue weighted by Gasteiger charge is -1.97. The van der Waals surface area contributed by atoms with Gasteiger partial charge in [0.2, 0.25) is 0 Å². The van der Waals surface area contributed by atoms with Crippen LogP contribution in [-0.4, -0.2) is 0 Å². The number of benzene rings is 16. The van der Waals surface area contributed by atoms with Crippen molar-refractivity contribution in [1.82, 2.24) is 0 Å². The largest absolute Gasteiger partial charge is 0.205 e. The summed E-state index contributed by atoms with van der Waals surface area (Å²) in [6, 6.07) is 57.6. The van der Waals surface area contributed by atoms with Crippen molar-refractivity contribution in [3.8, 4) is 0 Å². The second-order valence-electron chi connectivity index (χ2n) is 34.0. The highest BCUT2D eigenvalue weighted by Crippen LogP contribution is 2.48. The summed E-state index contributed by atoms with van der Waals surface area (Å²) >= 11 is 9.55. The van der Waals surface area contributed by atoms with Crippen LogP contribution in [0.2, 0.25) is 0 Å². The van der Waals surface area contributed by atoms with E-state index in [2.05, 4.69) is 0 Å². The lowest BCUT2D eigenvalue weighted by atomic mass is 10.1. The number of rotatable bonds is 0. The molecule has 24 heteroatoms. The Balaban J connectivity index is 0.000000108. The lowest BCUT2D eigenvalue weighted by molar-refractivity contribution is 0.632. The van der Waals surface area contributed by atoms with E-state index in [4.69, 9.17) is 0 Å². The fourth-order valence-electron chi connectivity index (χ4n) is 16.3. The molecule has 0 N–H and O–H groups in total. The van der Waals surface area contributed by atoms with Crippen LogP contribution in [0, 0.1) is 204 Å². The molecule has 0 atom stereocenters. The van der Waals surface area contributed by atoms with Gasteiger partial charge in [-0.1, -0.05) is 194 Å². The van der Waals surface area contributed by atoms with Crippen molar-refractivity contribution in [2.45, 2.75) is 111 Å². The summed E-state index contributed by atoms with van der Waals surface area (Å²) in [5.41, 5.74) is 9.57. The van der Waals surface area contributed by atoms with Crippen molar-refractivity contribution in [1.29, 1.82) is 0 Å². The zero-order valence-electron chi connectivity index (χ0n) is 75.8. The van der Waals surface area contributed by atoms with Crippen LogP contribution in [0.4, 0.5) is 70.2 Å². The molecule has 0 saturated heterocycles. The Morgan fingerprint density at radius 1 is 0.0956 bits per heavy atom. The molecule has 0 fully saturated rings. The SMILES string of the molecule is Cc1ccc2c(sc3c(F)c(C)ccc32)c1F.Cc1ccc2c(sc3c(F)c(C)ccc32)c1F.Cc1ccc2c(sc3c(F)c(C)ccc32)c1F.Cc1ccc2c(sc3c(F)c(C)ccc32)c1F.Cc1ccc2c(sc3c(F)c(C)ccc32)c1F.Cc1ccc2c(sc3c(F)c(C)ccc32)c1F.Cc1ccc2c(sc3c(F)c(C)ccc32)c1F.Cc1ccc2c(sc3c(F)c(C)ccc32)c1F. The molecule has 0 unspecified atom stereocenters. The van der Waals surface area contributed by atoms with Gasteiger partial charge in [0.05, 0.1) is 75.2 Å². The van der Waals surface area contributed by atoms with E-state index in [1.54, 1.807) is 208 Å². The Kier molecular flexibility index (Phi) is 26.7. The first-order chi connectivity index (χ1) is 64.7. The predicted octanol–water partition coefficient (Wildman–Crippen LogP) is 39.6. The van der Waals surface area contributed by atoms with Crippen molar-refractivity contribution in [3.05, 3.63) is 376 Å². The van der Waals surface area contributed by atoms with E-state index in [0.29, 0.717) is 164 Å². The van der Waals surface area contributed by atoms with Crippen LogP contribution in [0.1, 0.15) is 89.0 Å². The smallest absolute Gasteiger partial charge is 0.143 e. The van der Waals surface area contributed by atoms with Gasteiger partial charge in [0.25, 0.3) is 0 Å². The molecule has 0 nitrogen and oxygen atoms in total. The summed E-state index contributed by atoms with van der Waals surface area (Å²) in [7, 11) is 0. The molecule has 8 aromatic heterocycles. The molecule has 0 radical (unpaired) electrons. The number of aryl methyl sites for hydroxylation is 16. The second-order valence-corrected chi connectivity index (χ2v) is 42.2. The molecule has 0 aliphatic carbocycles. The van der Waals surface area contributed by atoms with Gasteiger partial charge in [0, 0.05) is 86.2 Å². The maximum absolute atomic E-state index is 14.0. The van der Waals surface area contributed by atoms with E-state index in [-0.39, 0.29) is 93.1 Å². The third-order valence-corrected chi connectivity index (χ3v) is 34.2. The minimum atomic E-state index is -0.235. The first-order valence-electron chi connectivity index (χ1n) is 42.9. The fraction of sp³-hybridized carbons (Fsp3) is 0.143. The van der Waals surface area contributed by atoms with Crippen molar-refractivity contribution >= 4 is 252 Å². The van der Waals surface area contributed by atoms with Crippen LogP contribution in [0.3, 0.4) is 0 Å². The van der Waals surface area contributed by atoms with E-state index >= 15 is 0 Å². The van der Waals surface area contributed by atoms with Crippen LogP contribution in [-0.2, 0) is 0 Å². The van der Waals surface area contributed by atoms with E-state index in [9.17, 15) is 70.2 Å². The third-order valence-electron chi connectivity index (χ3n) is 24.6. The van der Waals surface area contributed by atoms with E-state index in [0.717, 1.165) is 86.2 Å². The molecular weight excluding hydrogens is 1910 g/mol. The van der Waals surface area contributed by atoms with Crippen molar-refractivity contribution in [3.63, 3.8) is 0 Å². The molecule has 0 aliphatic rings. The number of halogens is 16. The van der Waals surface area contributed by atoms with Gasteiger partial charge in [-0.05, 0) is 200 Å². The maximum atomic E-state index is 14.0. The van der Waals surface area contributed by atoms with Gasteiger partial charge in [-0.25, -0.2) is 70.2 Å². The average Bonchev–Trinajstić information content (AvgIpc) is 1.67. The molecule has 24 rings (SSSR count). The molecule has 0 saturated carbocycles.